The summed E-state index contributed by atoms with van der Waals surface area (Å²) < 4.78 is 8.94. The fraction of sp³-hybridized carbons (Fsp3) is 0.385. The molecule has 0 saturated carbocycles. The van der Waals surface area contributed by atoms with Crippen molar-refractivity contribution in [2.45, 2.75) is 19.3 Å². The molecule has 2 atom stereocenters. The highest BCUT2D eigenvalue weighted by atomic mass is 16.5. The zero-order chi connectivity index (χ0) is 25.2. The molecule has 0 spiro atoms. The molecule has 0 aliphatic carbocycles. The van der Waals surface area contributed by atoms with E-state index in [2.05, 4.69) is 22.8 Å². The summed E-state index contributed by atoms with van der Waals surface area (Å²) in [6.45, 7) is 6.06. The van der Waals surface area contributed by atoms with E-state index >= 15 is 0 Å². The molecule has 2 amide bonds. The average molecular weight is 487 g/mol. The van der Waals surface area contributed by atoms with E-state index in [1.165, 1.54) is 12.3 Å². The summed E-state index contributed by atoms with van der Waals surface area (Å²) in [5, 5.41) is 18.1. The molecular weight excluding hydrogens is 458 g/mol. The number of likely N-dealkylation sites (tertiary alicyclic amines) is 2. The van der Waals surface area contributed by atoms with Crippen LogP contribution in [0, 0.1) is 23.2 Å². The number of fused-ring (bicyclic) bond motifs is 1. The number of allylic oxidation sites excluding steroid dienone is 1. The summed E-state index contributed by atoms with van der Waals surface area (Å²) in [7, 11) is 1.57. The SMILES string of the molecule is C=CC(=O)N1CCC[C@@H](C(=O)N2CCC(/C=[N+]3\C=C(c4cc(OC)c5c(C#N)cnn5c4)C=N3)C2)C1. The molecule has 10 heteroatoms. The lowest BCUT2D eigenvalue weighted by atomic mass is 9.96. The molecule has 0 aromatic carbocycles. The van der Waals surface area contributed by atoms with E-state index in [1.54, 1.807) is 27.4 Å². The monoisotopic (exact) mass is 486 g/mol. The third-order valence-corrected chi connectivity index (χ3v) is 7.01. The quantitative estimate of drug-likeness (QED) is 0.474. The molecule has 36 heavy (non-hydrogen) atoms. The Morgan fingerprint density at radius 3 is 2.92 bits per heavy atom. The second-order valence-electron chi connectivity index (χ2n) is 9.28. The predicted molar refractivity (Wildman–Crippen MR) is 133 cm³/mol. The van der Waals surface area contributed by atoms with Crippen LogP contribution in [0.3, 0.4) is 0 Å². The average Bonchev–Trinajstić information content (AvgIpc) is 3.67. The number of nitrogens with zero attached hydrogens (tertiary/aromatic N) is 7. The van der Waals surface area contributed by atoms with E-state index in [1.807, 2.05) is 29.6 Å². The largest absolute Gasteiger partial charge is 0.494 e. The number of hydrazone groups is 1. The normalized spacial score (nSPS) is 22.7. The van der Waals surface area contributed by atoms with E-state index in [0.29, 0.717) is 43.0 Å². The van der Waals surface area contributed by atoms with Gasteiger partial charge in [0, 0.05) is 37.9 Å². The third-order valence-electron chi connectivity index (χ3n) is 7.01. The number of rotatable bonds is 5. The zero-order valence-corrected chi connectivity index (χ0v) is 20.2. The fourth-order valence-corrected chi connectivity index (χ4v) is 5.14. The number of amides is 2. The predicted octanol–water partition coefficient (Wildman–Crippen LogP) is 1.91. The van der Waals surface area contributed by atoms with Crippen molar-refractivity contribution in [3.05, 3.63) is 48.4 Å². The van der Waals surface area contributed by atoms with Crippen molar-refractivity contribution in [3.8, 4) is 11.8 Å². The Balaban J connectivity index is 1.27. The summed E-state index contributed by atoms with van der Waals surface area (Å²) in [5.41, 5.74) is 2.84. The van der Waals surface area contributed by atoms with E-state index < -0.39 is 0 Å². The highest BCUT2D eigenvalue weighted by molar-refractivity contribution is 6.10. The first-order valence-corrected chi connectivity index (χ1v) is 12.1. The van der Waals surface area contributed by atoms with Gasteiger partial charge in [0.25, 0.3) is 0 Å². The van der Waals surface area contributed by atoms with Gasteiger partial charge in [-0.05, 0) is 36.5 Å². The van der Waals surface area contributed by atoms with E-state index in [-0.39, 0.29) is 23.7 Å². The van der Waals surface area contributed by atoms with Crippen molar-refractivity contribution < 1.29 is 19.0 Å². The smallest absolute Gasteiger partial charge is 0.245 e. The molecule has 0 bridgehead atoms. The first kappa shape index (κ1) is 23.5. The molecule has 3 aliphatic heterocycles. The molecule has 0 N–H and O–H groups in total. The van der Waals surface area contributed by atoms with Gasteiger partial charge in [-0.3, -0.25) is 9.59 Å². The number of carbonyl (C=O) groups excluding carboxylic acids is 2. The Kier molecular flexibility index (Phi) is 6.38. The molecule has 2 aromatic rings. The number of hydrogen-bond acceptors (Lipinski definition) is 6. The van der Waals surface area contributed by atoms with Crippen LogP contribution in [-0.2, 0) is 9.59 Å². The van der Waals surface area contributed by atoms with Crippen molar-refractivity contribution >= 4 is 35.3 Å². The maximum atomic E-state index is 13.1. The molecule has 5 rings (SSSR count). The highest BCUT2D eigenvalue weighted by Crippen LogP contribution is 2.28. The van der Waals surface area contributed by atoms with E-state index in [0.717, 1.165) is 30.4 Å². The first-order chi connectivity index (χ1) is 17.5. The van der Waals surface area contributed by atoms with Crippen LogP contribution in [0.4, 0.5) is 0 Å². The maximum absolute atomic E-state index is 13.1. The van der Waals surface area contributed by atoms with Crippen LogP contribution in [0.1, 0.15) is 30.4 Å². The van der Waals surface area contributed by atoms with Gasteiger partial charge in [0.2, 0.25) is 18.0 Å². The number of pyridine rings is 1. The van der Waals surface area contributed by atoms with E-state index in [4.69, 9.17) is 4.74 Å². The Morgan fingerprint density at radius 1 is 1.28 bits per heavy atom. The van der Waals surface area contributed by atoms with Gasteiger partial charge < -0.3 is 14.5 Å². The summed E-state index contributed by atoms with van der Waals surface area (Å²) in [4.78, 5) is 28.7. The van der Waals surface area contributed by atoms with Gasteiger partial charge in [-0.15, -0.1) is 0 Å². The minimum atomic E-state index is -0.147. The minimum absolute atomic E-state index is 0.107. The highest BCUT2D eigenvalue weighted by Gasteiger charge is 2.35. The summed E-state index contributed by atoms with van der Waals surface area (Å²) >= 11 is 0. The lowest BCUT2D eigenvalue weighted by molar-refractivity contribution is -0.454. The summed E-state index contributed by atoms with van der Waals surface area (Å²) in [5.74, 6) is 0.637. The molecule has 2 saturated heterocycles. The van der Waals surface area contributed by atoms with Crippen molar-refractivity contribution in [3.63, 3.8) is 0 Å². The van der Waals surface area contributed by atoms with Crippen LogP contribution in [0.5, 0.6) is 5.75 Å². The number of nitriles is 1. The number of aromatic nitrogens is 2. The van der Waals surface area contributed by atoms with E-state index in [9.17, 15) is 14.9 Å². The van der Waals surface area contributed by atoms with Gasteiger partial charge in [-0.2, -0.15) is 10.4 Å². The molecule has 0 radical (unpaired) electrons. The zero-order valence-electron chi connectivity index (χ0n) is 20.2. The molecule has 10 nitrogen and oxygen atoms in total. The van der Waals surface area contributed by atoms with Crippen LogP contribution >= 0.6 is 0 Å². The minimum Gasteiger partial charge on any atom is -0.494 e. The van der Waals surface area contributed by atoms with Gasteiger partial charge in [-0.25, -0.2) is 4.52 Å². The van der Waals surface area contributed by atoms with Crippen molar-refractivity contribution in [1.82, 2.24) is 19.4 Å². The number of methoxy groups -OCH3 is 1. The molecule has 2 fully saturated rings. The van der Waals surface area contributed by atoms with Crippen LogP contribution in [-0.4, -0.2) is 81.6 Å². The molecule has 5 heterocycles. The fourth-order valence-electron chi connectivity index (χ4n) is 5.14. The third kappa shape index (κ3) is 4.40. The van der Waals surface area contributed by atoms with Crippen LogP contribution in [0.2, 0.25) is 0 Å². The second kappa shape index (κ2) is 9.77. The molecule has 1 unspecified atom stereocenters. The number of carbonyl (C=O) groups is 2. The van der Waals surface area contributed by atoms with Crippen LogP contribution in [0.25, 0.3) is 11.1 Å². The van der Waals surface area contributed by atoms with Crippen molar-refractivity contribution in [1.29, 1.82) is 5.26 Å². The summed E-state index contributed by atoms with van der Waals surface area (Å²) in [6.07, 6.45) is 13.0. The Bertz CT molecular complexity index is 1360. The lowest BCUT2D eigenvalue weighted by Crippen LogP contribution is -2.45. The molecule has 3 aliphatic rings. The standard InChI is InChI=1S/C26H28N7O3/c1-3-24(34)30-7-4-5-19(15-30)26(35)31-8-6-18(13-31)14-32-16-22(12-28-32)20-9-23(36-2)25-21(10-27)11-29-33(25)17-20/h3,9,11-12,14,16-19H,1,4-8,13,15H2,2H3/q+1/b32-14+/t18?,19-/m1/s1. The van der Waals surface area contributed by atoms with Gasteiger partial charge in [0.05, 0.1) is 30.7 Å². The van der Waals surface area contributed by atoms with Crippen molar-refractivity contribution in [2.75, 3.05) is 33.3 Å². The van der Waals surface area contributed by atoms with Crippen LogP contribution in [0.15, 0.2) is 42.4 Å². The lowest BCUT2D eigenvalue weighted by Gasteiger charge is -2.33. The van der Waals surface area contributed by atoms with Gasteiger partial charge >= 0.3 is 0 Å². The first-order valence-electron chi connectivity index (χ1n) is 12.1. The van der Waals surface area contributed by atoms with Gasteiger partial charge in [0.1, 0.15) is 29.1 Å². The van der Waals surface area contributed by atoms with Gasteiger partial charge in [-0.1, -0.05) is 11.3 Å². The Labute approximate surface area is 209 Å². The molecule has 2 aromatic heterocycles. The van der Waals surface area contributed by atoms with Gasteiger partial charge in [0.15, 0.2) is 6.21 Å². The second-order valence-corrected chi connectivity index (χ2v) is 9.28. The van der Waals surface area contributed by atoms with Crippen molar-refractivity contribution in [2.24, 2.45) is 16.9 Å². The topological polar surface area (TPSA) is 106 Å². The number of ether oxygens (including phenoxy) is 1. The number of hydrogen-bond donors (Lipinski definition) is 0. The van der Waals surface area contributed by atoms with Crippen LogP contribution < -0.4 is 4.74 Å². The summed E-state index contributed by atoms with van der Waals surface area (Å²) in [6, 6.07) is 4.01. The molecule has 184 valence electrons. The Morgan fingerprint density at radius 2 is 2.14 bits per heavy atom. The Hall–Kier alpha value is -4.26. The maximum Gasteiger partial charge on any atom is 0.245 e. The number of piperidine rings is 1. The molecular formula is C26H28N7O3+.